The first-order valence-corrected chi connectivity index (χ1v) is 6.67. The zero-order valence-electron chi connectivity index (χ0n) is 11.2. The minimum Gasteiger partial charge on any atom is -0.394 e. The van der Waals surface area contributed by atoms with Gasteiger partial charge in [-0.2, -0.15) is 0 Å². The second-order valence-electron chi connectivity index (χ2n) is 5.79. The Morgan fingerprint density at radius 3 is 2.67 bits per heavy atom. The van der Waals surface area contributed by atoms with Gasteiger partial charge in [0.15, 0.2) is 0 Å². The lowest BCUT2D eigenvalue weighted by molar-refractivity contribution is -0.171. The molecule has 1 N–H and O–H groups in total. The summed E-state index contributed by atoms with van der Waals surface area (Å²) < 4.78 is 11.0. The molecule has 5 nitrogen and oxygen atoms in total. The van der Waals surface area contributed by atoms with Crippen molar-refractivity contribution in [1.82, 2.24) is 4.90 Å². The van der Waals surface area contributed by atoms with Crippen molar-refractivity contribution in [2.75, 3.05) is 32.9 Å². The molecule has 0 aromatic carbocycles. The molecule has 2 saturated heterocycles. The van der Waals surface area contributed by atoms with Crippen LogP contribution in [0.5, 0.6) is 0 Å². The van der Waals surface area contributed by atoms with Crippen LogP contribution in [0.1, 0.15) is 26.7 Å². The van der Waals surface area contributed by atoms with E-state index in [1.54, 1.807) is 0 Å². The van der Waals surface area contributed by atoms with E-state index in [4.69, 9.17) is 9.47 Å². The molecule has 1 amide bonds. The predicted octanol–water partition coefficient (Wildman–Crippen LogP) is 0.411. The van der Waals surface area contributed by atoms with E-state index >= 15 is 0 Å². The Hall–Kier alpha value is -0.650. The molecule has 0 aromatic rings. The molecule has 0 saturated carbocycles. The van der Waals surface area contributed by atoms with Crippen molar-refractivity contribution in [3.05, 3.63) is 0 Å². The van der Waals surface area contributed by atoms with Crippen molar-refractivity contribution in [3.8, 4) is 0 Å². The van der Waals surface area contributed by atoms with Gasteiger partial charge in [-0.15, -0.1) is 0 Å². The average Bonchev–Trinajstić information content (AvgIpc) is 2.37. The lowest BCUT2D eigenvalue weighted by Crippen LogP contribution is -2.57. The molecular formula is C13H23NO4. The highest BCUT2D eigenvalue weighted by molar-refractivity contribution is 5.79. The Balaban J connectivity index is 1.99. The van der Waals surface area contributed by atoms with Gasteiger partial charge in [0, 0.05) is 32.2 Å². The van der Waals surface area contributed by atoms with Gasteiger partial charge in [0.2, 0.25) is 5.91 Å². The van der Waals surface area contributed by atoms with E-state index in [-0.39, 0.29) is 30.1 Å². The van der Waals surface area contributed by atoms with Crippen LogP contribution >= 0.6 is 0 Å². The predicted molar refractivity (Wildman–Crippen MR) is 66.2 cm³/mol. The number of aliphatic hydroxyl groups is 1. The minimum atomic E-state index is -0.382. The number of ether oxygens (including phenoxy) is 2. The second kappa shape index (κ2) is 5.55. The fraction of sp³-hybridized carbons (Fsp3) is 0.923. The third-order valence-electron chi connectivity index (χ3n) is 3.57. The number of carbonyl (C=O) groups excluding carboxylic acids is 1. The summed E-state index contributed by atoms with van der Waals surface area (Å²) in [4.78, 5) is 14.3. The molecule has 2 fully saturated rings. The van der Waals surface area contributed by atoms with E-state index in [9.17, 15) is 9.90 Å². The lowest BCUT2D eigenvalue weighted by Gasteiger charge is -2.43. The molecule has 1 unspecified atom stereocenters. The lowest BCUT2D eigenvalue weighted by atomic mass is 9.96. The van der Waals surface area contributed by atoms with Crippen molar-refractivity contribution in [2.24, 2.45) is 5.92 Å². The Morgan fingerprint density at radius 1 is 1.39 bits per heavy atom. The molecule has 2 aliphatic rings. The van der Waals surface area contributed by atoms with Gasteiger partial charge in [-0.05, 0) is 26.7 Å². The smallest absolute Gasteiger partial charge is 0.226 e. The highest BCUT2D eigenvalue weighted by atomic mass is 16.5. The van der Waals surface area contributed by atoms with Crippen molar-refractivity contribution < 1.29 is 19.4 Å². The fourth-order valence-corrected chi connectivity index (χ4v) is 2.76. The number of amides is 1. The van der Waals surface area contributed by atoms with Gasteiger partial charge < -0.3 is 19.5 Å². The summed E-state index contributed by atoms with van der Waals surface area (Å²) in [7, 11) is 0. The van der Waals surface area contributed by atoms with Gasteiger partial charge in [-0.3, -0.25) is 4.79 Å². The Bertz CT molecular complexity index is 299. The monoisotopic (exact) mass is 257 g/mol. The van der Waals surface area contributed by atoms with Crippen LogP contribution in [0.3, 0.4) is 0 Å². The number of carbonyl (C=O) groups is 1. The standard InChI is InChI=1S/C13H23NO4/c1-13(2)9-14(7-11(8-15)18-13)12(16)10-3-5-17-6-4-10/h10-11,15H,3-9H2,1-2H3. The molecule has 18 heavy (non-hydrogen) atoms. The van der Waals surface area contributed by atoms with Gasteiger partial charge in [-0.25, -0.2) is 0 Å². The van der Waals surface area contributed by atoms with E-state index in [1.165, 1.54) is 0 Å². The largest absolute Gasteiger partial charge is 0.394 e. The van der Waals surface area contributed by atoms with Crippen molar-refractivity contribution in [1.29, 1.82) is 0 Å². The number of morpholine rings is 1. The van der Waals surface area contributed by atoms with Crippen molar-refractivity contribution >= 4 is 5.91 Å². The summed E-state index contributed by atoms with van der Waals surface area (Å²) in [6.07, 6.45) is 1.35. The van der Waals surface area contributed by atoms with E-state index in [2.05, 4.69) is 0 Å². The average molecular weight is 257 g/mol. The zero-order valence-corrected chi connectivity index (χ0v) is 11.2. The van der Waals surface area contributed by atoms with Crippen molar-refractivity contribution in [3.63, 3.8) is 0 Å². The molecule has 0 bridgehead atoms. The molecule has 1 atom stereocenters. The van der Waals surface area contributed by atoms with Gasteiger partial charge in [0.1, 0.15) is 0 Å². The zero-order chi connectivity index (χ0) is 13.2. The first kappa shape index (κ1) is 13.8. The van der Waals surface area contributed by atoms with E-state index in [0.29, 0.717) is 26.3 Å². The molecular weight excluding hydrogens is 234 g/mol. The highest BCUT2D eigenvalue weighted by Crippen LogP contribution is 2.25. The molecule has 2 rings (SSSR count). The van der Waals surface area contributed by atoms with Gasteiger partial charge in [0.05, 0.1) is 18.3 Å². The van der Waals surface area contributed by atoms with E-state index in [0.717, 1.165) is 12.8 Å². The molecule has 0 spiro atoms. The first-order valence-electron chi connectivity index (χ1n) is 6.67. The van der Waals surface area contributed by atoms with Crippen LogP contribution in [0.25, 0.3) is 0 Å². The highest BCUT2D eigenvalue weighted by Gasteiger charge is 2.37. The van der Waals surface area contributed by atoms with Crippen LogP contribution in [0, 0.1) is 5.92 Å². The quantitative estimate of drug-likeness (QED) is 0.778. The van der Waals surface area contributed by atoms with Crippen LogP contribution in [-0.4, -0.2) is 60.5 Å². The van der Waals surface area contributed by atoms with Crippen LogP contribution in [-0.2, 0) is 14.3 Å². The maximum absolute atomic E-state index is 12.4. The van der Waals surface area contributed by atoms with Gasteiger partial charge in [0.25, 0.3) is 0 Å². The minimum absolute atomic E-state index is 0.0407. The van der Waals surface area contributed by atoms with Gasteiger partial charge >= 0.3 is 0 Å². The third-order valence-corrected chi connectivity index (χ3v) is 3.57. The normalized spacial score (nSPS) is 29.3. The number of rotatable bonds is 2. The molecule has 0 radical (unpaired) electrons. The summed E-state index contributed by atoms with van der Waals surface area (Å²) in [6.45, 7) is 6.32. The topological polar surface area (TPSA) is 59.0 Å². The number of nitrogens with zero attached hydrogens (tertiary/aromatic N) is 1. The number of aliphatic hydroxyl groups excluding tert-OH is 1. The number of hydrogen-bond donors (Lipinski definition) is 1. The summed E-state index contributed by atoms with van der Waals surface area (Å²) in [5.41, 5.74) is -0.382. The summed E-state index contributed by atoms with van der Waals surface area (Å²) >= 11 is 0. The van der Waals surface area contributed by atoms with Crippen molar-refractivity contribution in [2.45, 2.75) is 38.4 Å². The third kappa shape index (κ3) is 3.22. The summed E-state index contributed by atoms with van der Waals surface area (Å²) in [5.74, 6) is 0.264. The molecule has 2 heterocycles. The van der Waals surface area contributed by atoms with Crippen LogP contribution in [0.2, 0.25) is 0 Å². The fourth-order valence-electron chi connectivity index (χ4n) is 2.76. The van der Waals surface area contributed by atoms with Crippen LogP contribution < -0.4 is 0 Å². The first-order chi connectivity index (χ1) is 8.52. The molecule has 0 aliphatic carbocycles. The molecule has 2 aliphatic heterocycles. The Labute approximate surface area is 108 Å². The number of hydrogen-bond acceptors (Lipinski definition) is 4. The van der Waals surface area contributed by atoms with Crippen LogP contribution in [0.4, 0.5) is 0 Å². The summed E-state index contributed by atoms with van der Waals surface area (Å²) in [6, 6.07) is 0. The van der Waals surface area contributed by atoms with Gasteiger partial charge in [-0.1, -0.05) is 0 Å². The maximum atomic E-state index is 12.4. The SMILES string of the molecule is CC1(C)CN(C(=O)C2CCOCC2)CC(CO)O1. The molecule has 104 valence electrons. The molecule has 5 heteroatoms. The summed E-state index contributed by atoms with van der Waals surface area (Å²) in [5, 5.41) is 9.25. The second-order valence-corrected chi connectivity index (χ2v) is 5.79. The Kier molecular flexibility index (Phi) is 4.25. The Morgan fingerprint density at radius 2 is 2.06 bits per heavy atom. The van der Waals surface area contributed by atoms with E-state index in [1.807, 2.05) is 18.7 Å². The maximum Gasteiger partial charge on any atom is 0.226 e. The van der Waals surface area contributed by atoms with E-state index < -0.39 is 0 Å². The van der Waals surface area contributed by atoms with Crippen LogP contribution in [0.15, 0.2) is 0 Å². The molecule has 0 aromatic heterocycles.